The van der Waals surface area contributed by atoms with Gasteiger partial charge in [0.2, 0.25) is 15.9 Å². The van der Waals surface area contributed by atoms with Gasteiger partial charge in [0, 0.05) is 24.4 Å². The fourth-order valence-corrected chi connectivity index (χ4v) is 4.73. The minimum Gasteiger partial charge on any atom is -0.411 e. The van der Waals surface area contributed by atoms with Crippen LogP contribution < -0.4 is 0 Å². The molecular weight excluding hydrogens is 358 g/mol. The van der Waals surface area contributed by atoms with Crippen LogP contribution in [0, 0.1) is 0 Å². The maximum absolute atomic E-state index is 12.8. The molecule has 1 aliphatic heterocycles. The van der Waals surface area contributed by atoms with Crippen LogP contribution >= 0.6 is 11.8 Å². The van der Waals surface area contributed by atoms with E-state index in [4.69, 9.17) is 4.42 Å². The number of hydrogen-bond acceptors (Lipinski definition) is 6. The van der Waals surface area contributed by atoms with Gasteiger partial charge in [0.1, 0.15) is 0 Å². The SMILES string of the molecule is C=CCSc1nnc(-c2ccc(S(=O)(=O)N3CCCCCC3)cc2)o1. The number of nitrogens with zero attached hydrogens (tertiary/aromatic N) is 3. The van der Waals surface area contributed by atoms with Crippen molar-refractivity contribution in [3.05, 3.63) is 36.9 Å². The summed E-state index contributed by atoms with van der Waals surface area (Å²) in [5, 5.41) is 8.43. The van der Waals surface area contributed by atoms with E-state index in [9.17, 15) is 8.42 Å². The molecule has 1 fully saturated rings. The van der Waals surface area contributed by atoms with Crippen molar-refractivity contribution in [1.29, 1.82) is 0 Å². The molecule has 1 aliphatic rings. The molecule has 25 heavy (non-hydrogen) atoms. The maximum atomic E-state index is 12.8. The van der Waals surface area contributed by atoms with Crippen LogP contribution in [0.3, 0.4) is 0 Å². The molecule has 0 amide bonds. The normalized spacial score (nSPS) is 16.5. The average Bonchev–Trinajstić information content (AvgIpc) is 2.92. The fraction of sp³-hybridized carbons (Fsp3) is 0.412. The van der Waals surface area contributed by atoms with Gasteiger partial charge in [0.15, 0.2) is 0 Å². The van der Waals surface area contributed by atoms with Crippen molar-refractivity contribution in [2.45, 2.75) is 35.8 Å². The van der Waals surface area contributed by atoms with Gasteiger partial charge >= 0.3 is 0 Å². The Labute approximate surface area is 152 Å². The molecule has 0 aliphatic carbocycles. The first-order chi connectivity index (χ1) is 12.1. The van der Waals surface area contributed by atoms with Crippen LogP contribution in [0.4, 0.5) is 0 Å². The van der Waals surface area contributed by atoms with E-state index in [0.717, 1.165) is 25.7 Å². The molecule has 1 aromatic carbocycles. The van der Waals surface area contributed by atoms with Crippen LogP contribution in [0.15, 0.2) is 51.5 Å². The van der Waals surface area contributed by atoms with E-state index in [0.29, 0.717) is 40.4 Å². The lowest BCUT2D eigenvalue weighted by Crippen LogP contribution is -2.31. The minimum atomic E-state index is -3.44. The molecular formula is C17H21N3O3S2. The van der Waals surface area contributed by atoms with E-state index in [1.54, 1.807) is 34.6 Å². The van der Waals surface area contributed by atoms with Crippen molar-refractivity contribution in [3.8, 4) is 11.5 Å². The molecule has 134 valence electrons. The molecule has 0 saturated carbocycles. The number of rotatable bonds is 6. The first-order valence-corrected chi connectivity index (χ1v) is 10.7. The summed E-state index contributed by atoms with van der Waals surface area (Å²) >= 11 is 1.40. The highest BCUT2D eigenvalue weighted by molar-refractivity contribution is 7.99. The number of hydrogen-bond donors (Lipinski definition) is 0. The van der Waals surface area contributed by atoms with Crippen molar-refractivity contribution in [1.82, 2.24) is 14.5 Å². The first kappa shape index (κ1) is 18.2. The van der Waals surface area contributed by atoms with Gasteiger partial charge in [0.25, 0.3) is 5.22 Å². The zero-order chi connectivity index (χ0) is 17.7. The van der Waals surface area contributed by atoms with Gasteiger partial charge in [-0.3, -0.25) is 0 Å². The second kappa shape index (κ2) is 8.16. The Morgan fingerprint density at radius 2 is 1.80 bits per heavy atom. The average molecular weight is 380 g/mol. The summed E-state index contributed by atoms with van der Waals surface area (Å²) in [6.45, 7) is 4.84. The standard InChI is InChI=1S/C17H21N3O3S2/c1-2-13-24-17-19-18-16(23-17)14-7-9-15(10-8-14)25(21,22)20-11-5-3-4-6-12-20/h2,7-10H,1,3-6,11-13H2. The predicted octanol–water partition coefficient (Wildman–Crippen LogP) is 3.58. The highest BCUT2D eigenvalue weighted by atomic mass is 32.2. The third kappa shape index (κ3) is 4.31. The van der Waals surface area contributed by atoms with Gasteiger partial charge in [-0.2, -0.15) is 4.31 Å². The lowest BCUT2D eigenvalue weighted by Gasteiger charge is -2.19. The molecule has 0 unspecified atom stereocenters. The van der Waals surface area contributed by atoms with Crippen molar-refractivity contribution in [2.75, 3.05) is 18.8 Å². The van der Waals surface area contributed by atoms with Gasteiger partial charge < -0.3 is 4.42 Å². The molecule has 2 heterocycles. The monoisotopic (exact) mass is 379 g/mol. The highest BCUT2D eigenvalue weighted by Gasteiger charge is 2.25. The quantitative estimate of drug-likeness (QED) is 0.564. The summed E-state index contributed by atoms with van der Waals surface area (Å²) in [7, 11) is -3.44. The molecule has 0 spiro atoms. The number of benzene rings is 1. The topological polar surface area (TPSA) is 76.3 Å². The van der Waals surface area contributed by atoms with Gasteiger partial charge in [-0.15, -0.1) is 16.8 Å². The zero-order valence-corrected chi connectivity index (χ0v) is 15.6. The fourth-order valence-electron chi connectivity index (χ4n) is 2.72. The third-order valence-electron chi connectivity index (χ3n) is 4.04. The van der Waals surface area contributed by atoms with Crippen LogP contribution in [-0.2, 0) is 10.0 Å². The summed E-state index contributed by atoms with van der Waals surface area (Å²) in [5.74, 6) is 1.07. The second-order valence-corrected chi connectivity index (χ2v) is 8.72. The van der Waals surface area contributed by atoms with Crippen molar-refractivity contribution in [2.24, 2.45) is 0 Å². The predicted molar refractivity (Wildman–Crippen MR) is 97.9 cm³/mol. The van der Waals surface area contributed by atoms with Crippen LogP contribution in [0.1, 0.15) is 25.7 Å². The second-order valence-electron chi connectivity index (χ2n) is 5.82. The molecule has 8 heteroatoms. The number of sulfonamides is 1. The molecule has 1 aromatic heterocycles. The van der Waals surface area contributed by atoms with Crippen LogP contribution in [0.25, 0.3) is 11.5 Å². The van der Waals surface area contributed by atoms with Crippen LogP contribution in [0.2, 0.25) is 0 Å². The Kier molecular flexibility index (Phi) is 5.93. The number of thioether (sulfide) groups is 1. The third-order valence-corrected chi connectivity index (χ3v) is 6.76. The zero-order valence-electron chi connectivity index (χ0n) is 13.9. The Balaban J connectivity index is 1.77. The lowest BCUT2D eigenvalue weighted by molar-refractivity contribution is 0.423. The molecule has 0 bridgehead atoms. The Bertz CT molecular complexity index is 808. The summed E-state index contributed by atoms with van der Waals surface area (Å²) in [5.41, 5.74) is 0.702. The molecule has 3 rings (SSSR count). The summed E-state index contributed by atoms with van der Waals surface area (Å²) in [4.78, 5) is 0.305. The molecule has 6 nitrogen and oxygen atoms in total. The summed E-state index contributed by atoms with van der Waals surface area (Å²) < 4.78 is 32.7. The largest absolute Gasteiger partial charge is 0.411 e. The molecule has 0 radical (unpaired) electrons. The van der Waals surface area contributed by atoms with Crippen LogP contribution in [0.5, 0.6) is 0 Å². The smallest absolute Gasteiger partial charge is 0.277 e. The first-order valence-electron chi connectivity index (χ1n) is 8.29. The lowest BCUT2D eigenvalue weighted by atomic mass is 10.2. The Morgan fingerprint density at radius 1 is 1.12 bits per heavy atom. The maximum Gasteiger partial charge on any atom is 0.277 e. The number of aromatic nitrogens is 2. The van der Waals surface area contributed by atoms with Gasteiger partial charge in [0.05, 0.1) is 4.90 Å². The van der Waals surface area contributed by atoms with Crippen LogP contribution in [-0.4, -0.2) is 41.8 Å². The molecule has 0 atom stereocenters. The summed E-state index contributed by atoms with van der Waals surface area (Å²) in [6, 6.07) is 6.63. The van der Waals surface area contributed by atoms with E-state index < -0.39 is 10.0 Å². The Hall–Kier alpha value is -1.64. The summed E-state index contributed by atoms with van der Waals surface area (Å²) in [6.07, 6.45) is 5.79. The van der Waals surface area contributed by atoms with E-state index in [-0.39, 0.29) is 0 Å². The highest BCUT2D eigenvalue weighted by Crippen LogP contribution is 2.26. The van der Waals surface area contributed by atoms with Crippen molar-refractivity contribution >= 4 is 21.8 Å². The molecule has 2 aromatic rings. The minimum absolute atomic E-state index is 0.305. The van der Waals surface area contributed by atoms with Gasteiger partial charge in [-0.25, -0.2) is 8.42 Å². The molecule has 0 N–H and O–H groups in total. The van der Waals surface area contributed by atoms with Gasteiger partial charge in [-0.05, 0) is 37.1 Å². The van der Waals surface area contributed by atoms with Gasteiger partial charge in [-0.1, -0.05) is 30.7 Å². The van der Waals surface area contributed by atoms with E-state index in [1.165, 1.54) is 11.8 Å². The van der Waals surface area contributed by atoms with E-state index >= 15 is 0 Å². The van der Waals surface area contributed by atoms with E-state index in [1.807, 2.05) is 0 Å². The van der Waals surface area contributed by atoms with Crippen molar-refractivity contribution in [3.63, 3.8) is 0 Å². The molecule has 1 saturated heterocycles. The Morgan fingerprint density at radius 3 is 2.44 bits per heavy atom. The van der Waals surface area contributed by atoms with Crippen molar-refractivity contribution < 1.29 is 12.8 Å². The van der Waals surface area contributed by atoms with E-state index in [2.05, 4.69) is 16.8 Å².